The summed E-state index contributed by atoms with van der Waals surface area (Å²) in [4.78, 5) is 13.4. The van der Waals surface area contributed by atoms with Gasteiger partial charge in [0.2, 0.25) is 0 Å². The Hall–Kier alpha value is -0.570. The Balaban J connectivity index is 4.02. The largest absolute Gasteiger partial charge is 0.466 e. The van der Waals surface area contributed by atoms with Crippen LogP contribution in [0.15, 0.2) is 0 Å². The minimum absolute atomic E-state index is 0.0909. The molecule has 1 atom stereocenters. The van der Waals surface area contributed by atoms with E-state index in [0.717, 1.165) is 6.42 Å². The number of esters is 1. The van der Waals surface area contributed by atoms with Crippen LogP contribution in [0.3, 0.4) is 0 Å². The number of carbonyl (C=O) groups is 1. The molecule has 3 nitrogen and oxygen atoms in total. The zero-order valence-corrected chi connectivity index (χ0v) is 10.0. The van der Waals surface area contributed by atoms with E-state index in [9.17, 15) is 4.79 Å². The van der Waals surface area contributed by atoms with E-state index in [1.807, 2.05) is 21.0 Å². The second-order valence-electron chi connectivity index (χ2n) is 4.26. The van der Waals surface area contributed by atoms with Crippen molar-refractivity contribution >= 4 is 5.97 Å². The van der Waals surface area contributed by atoms with E-state index in [4.69, 9.17) is 4.74 Å². The minimum atomic E-state index is -0.0909. The molecule has 0 aliphatic rings. The molecule has 0 aliphatic heterocycles. The molecule has 0 saturated carbocycles. The highest BCUT2D eigenvalue weighted by atomic mass is 16.5. The fourth-order valence-corrected chi connectivity index (χ4v) is 1.43. The van der Waals surface area contributed by atoms with Crippen LogP contribution in [0.1, 0.15) is 33.6 Å². The molecular formula is C11H23NO2. The highest BCUT2D eigenvalue weighted by Gasteiger charge is 2.17. The lowest BCUT2D eigenvalue weighted by atomic mass is 10.0. The number of nitrogens with zero attached hydrogens (tertiary/aromatic N) is 1. The number of carbonyl (C=O) groups excluding carboxylic acids is 1. The molecule has 0 aliphatic carbocycles. The van der Waals surface area contributed by atoms with E-state index in [0.29, 0.717) is 25.0 Å². The normalized spacial score (nSPS) is 13.4. The molecule has 0 aromatic heterocycles. The monoisotopic (exact) mass is 201 g/mol. The molecule has 0 spiro atoms. The highest BCUT2D eigenvalue weighted by molar-refractivity contribution is 5.70. The minimum Gasteiger partial charge on any atom is -0.466 e. The van der Waals surface area contributed by atoms with Crippen molar-refractivity contribution < 1.29 is 9.53 Å². The van der Waals surface area contributed by atoms with Crippen molar-refractivity contribution in [3.8, 4) is 0 Å². The van der Waals surface area contributed by atoms with Gasteiger partial charge in [-0.05, 0) is 33.4 Å². The van der Waals surface area contributed by atoms with Gasteiger partial charge < -0.3 is 9.64 Å². The smallest absolute Gasteiger partial charge is 0.307 e. The van der Waals surface area contributed by atoms with Crippen LogP contribution >= 0.6 is 0 Å². The first-order chi connectivity index (χ1) is 6.47. The topological polar surface area (TPSA) is 29.5 Å². The Kier molecular flexibility index (Phi) is 6.54. The molecule has 3 heteroatoms. The molecule has 14 heavy (non-hydrogen) atoms. The molecule has 0 heterocycles. The van der Waals surface area contributed by atoms with E-state index in [1.165, 1.54) is 0 Å². The van der Waals surface area contributed by atoms with Crippen LogP contribution < -0.4 is 0 Å². The van der Waals surface area contributed by atoms with Gasteiger partial charge in [0.25, 0.3) is 0 Å². The van der Waals surface area contributed by atoms with Crippen molar-refractivity contribution in [1.82, 2.24) is 4.90 Å². The average molecular weight is 201 g/mol. The number of hydrogen-bond donors (Lipinski definition) is 0. The van der Waals surface area contributed by atoms with Gasteiger partial charge in [-0.1, -0.05) is 13.8 Å². The molecule has 0 rings (SSSR count). The number of ether oxygens (including phenoxy) is 1. The Bertz CT molecular complexity index is 167. The predicted octanol–water partition coefficient (Wildman–Crippen LogP) is 1.92. The fourth-order valence-electron chi connectivity index (χ4n) is 1.43. The van der Waals surface area contributed by atoms with Crippen LogP contribution in [0, 0.1) is 5.92 Å². The summed E-state index contributed by atoms with van der Waals surface area (Å²) >= 11 is 0. The van der Waals surface area contributed by atoms with Gasteiger partial charge >= 0.3 is 5.97 Å². The molecule has 0 aromatic carbocycles. The zero-order valence-electron chi connectivity index (χ0n) is 10.0. The van der Waals surface area contributed by atoms with E-state index in [2.05, 4.69) is 18.7 Å². The third-order valence-electron chi connectivity index (χ3n) is 2.18. The molecule has 0 bridgehead atoms. The second kappa shape index (κ2) is 6.82. The summed E-state index contributed by atoms with van der Waals surface area (Å²) in [6.07, 6.45) is 1.53. The van der Waals surface area contributed by atoms with E-state index in [1.54, 1.807) is 0 Å². The van der Waals surface area contributed by atoms with Crippen LogP contribution in [0.4, 0.5) is 0 Å². The molecule has 0 radical (unpaired) electrons. The van der Waals surface area contributed by atoms with Crippen molar-refractivity contribution in [3.05, 3.63) is 0 Å². The van der Waals surface area contributed by atoms with Crippen molar-refractivity contribution in [2.75, 3.05) is 20.7 Å². The summed E-state index contributed by atoms with van der Waals surface area (Å²) < 4.78 is 4.94. The first-order valence-electron chi connectivity index (χ1n) is 5.29. The van der Waals surface area contributed by atoms with Gasteiger partial charge in [-0.15, -0.1) is 0 Å². The third kappa shape index (κ3) is 5.97. The zero-order chi connectivity index (χ0) is 11.1. The Morgan fingerprint density at radius 3 is 2.29 bits per heavy atom. The van der Waals surface area contributed by atoms with Crippen molar-refractivity contribution in [3.63, 3.8) is 0 Å². The molecular weight excluding hydrogens is 178 g/mol. The van der Waals surface area contributed by atoms with E-state index >= 15 is 0 Å². The maximum atomic E-state index is 11.3. The van der Waals surface area contributed by atoms with Gasteiger partial charge in [0.05, 0.1) is 13.0 Å². The van der Waals surface area contributed by atoms with Crippen molar-refractivity contribution in [2.45, 2.75) is 39.7 Å². The van der Waals surface area contributed by atoms with E-state index in [-0.39, 0.29) is 5.97 Å². The molecule has 84 valence electrons. The first-order valence-corrected chi connectivity index (χ1v) is 5.29. The molecule has 0 saturated heterocycles. The highest BCUT2D eigenvalue weighted by Crippen LogP contribution is 2.12. The maximum absolute atomic E-state index is 11.3. The third-order valence-corrected chi connectivity index (χ3v) is 2.18. The average Bonchev–Trinajstić information content (AvgIpc) is 2.02. The Labute approximate surface area is 87.4 Å². The van der Waals surface area contributed by atoms with Gasteiger partial charge in [-0.3, -0.25) is 4.79 Å². The predicted molar refractivity (Wildman–Crippen MR) is 58.2 cm³/mol. The summed E-state index contributed by atoms with van der Waals surface area (Å²) in [7, 11) is 4.01. The molecule has 0 N–H and O–H groups in total. The van der Waals surface area contributed by atoms with Gasteiger partial charge in [0, 0.05) is 6.04 Å². The lowest BCUT2D eigenvalue weighted by molar-refractivity contribution is -0.144. The Morgan fingerprint density at radius 2 is 1.93 bits per heavy atom. The van der Waals surface area contributed by atoms with Crippen molar-refractivity contribution in [2.24, 2.45) is 5.92 Å². The lowest BCUT2D eigenvalue weighted by Gasteiger charge is -2.24. The van der Waals surface area contributed by atoms with Crippen LogP contribution in [-0.4, -0.2) is 37.6 Å². The lowest BCUT2D eigenvalue weighted by Crippen LogP contribution is -2.32. The first kappa shape index (κ1) is 13.4. The standard InChI is InChI=1S/C11H23NO2/c1-6-14-11(13)8-10(12(4)5)7-9(2)3/h9-10H,6-8H2,1-5H3. The van der Waals surface area contributed by atoms with Crippen LogP contribution in [0.25, 0.3) is 0 Å². The van der Waals surface area contributed by atoms with Crippen molar-refractivity contribution in [1.29, 1.82) is 0 Å². The second-order valence-corrected chi connectivity index (χ2v) is 4.26. The van der Waals surface area contributed by atoms with Crippen LogP contribution in [0.5, 0.6) is 0 Å². The summed E-state index contributed by atoms with van der Waals surface area (Å²) in [5, 5.41) is 0. The fraction of sp³-hybridized carbons (Fsp3) is 0.909. The molecule has 1 unspecified atom stereocenters. The number of hydrogen-bond acceptors (Lipinski definition) is 3. The van der Waals surface area contributed by atoms with Gasteiger partial charge in [-0.25, -0.2) is 0 Å². The van der Waals surface area contributed by atoms with Crippen LogP contribution in [0.2, 0.25) is 0 Å². The summed E-state index contributed by atoms with van der Waals surface area (Å²) in [5.41, 5.74) is 0. The SMILES string of the molecule is CCOC(=O)CC(CC(C)C)N(C)C. The van der Waals surface area contributed by atoms with Gasteiger partial charge in [-0.2, -0.15) is 0 Å². The van der Waals surface area contributed by atoms with Gasteiger partial charge in [0.1, 0.15) is 0 Å². The number of rotatable bonds is 6. The van der Waals surface area contributed by atoms with Crippen LogP contribution in [-0.2, 0) is 9.53 Å². The quantitative estimate of drug-likeness (QED) is 0.615. The molecule has 0 aromatic rings. The van der Waals surface area contributed by atoms with Gasteiger partial charge in [0.15, 0.2) is 0 Å². The maximum Gasteiger partial charge on any atom is 0.307 e. The molecule has 0 fully saturated rings. The van der Waals surface area contributed by atoms with E-state index < -0.39 is 0 Å². The summed E-state index contributed by atoms with van der Waals surface area (Å²) in [6.45, 7) is 6.65. The molecule has 0 amide bonds. The Morgan fingerprint density at radius 1 is 1.36 bits per heavy atom. The summed E-state index contributed by atoms with van der Waals surface area (Å²) in [5.74, 6) is 0.517. The summed E-state index contributed by atoms with van der Waals surface area (Å²) in [6, 6.07) is 0.300.